The second-order valence-corrected chi connectivity index (χ2v) is 7.84. The lowest BCUT2D eigenvalue weighted by molar-refractivity contribution is -0.113. The van der Waals surface area contributed by atoms with Crippen molar-refractivity contribution in [1.29, 1.82) is 0 Å². The van der Waals surface area contributed by atoms with Crippen LogP contribution >= 0.6 is 35.0 Å². The van der Waals surface area contributed by atoms with E-state index in [2.05, 4.69) is 15.5 Å². The Hall–Kier alpha value is -2.29. The number of thioether (sulfide) groups is 1. The first kappa shape index (κ1) is 21.4. The molecule has 0 spiro atoms. The monoisotopic (exact) mass is 454 g/mol. The van der Waals surface area contributed by atoms with Crippen LogP contribution in [0.3, 0.4) is 0 Å². The number of hydrogen-bond donors (Lipinski definition) is 1. The Morgan fingerprint density at radius 1 is 1.28 bits per heavy atom. The zero-order valence-electron chi connectivity index (χ0n) is 15.5. The number of hydrogen-bond acceptors (Lipinski definition) is 5. The highest BCUT2D eigenvalue weighted by molar-refractivity contribution is 7.99. The van der Waals surface area contributed by atoms with E-state index in [9.17, 15) is 9.18 Å². The number of para-hydroxylation sites is 1. The Kier molecular flexibility index (Phi) is 7.00. The number of ether oxygens (including phenoxy) is 1. The van der Waals surface area contributed by atoms with E-state index in [0.29, 0.717) is 21.8 Å². The molecule has 152 valence electrons. The first-order valence-electron chi connectivity index (χ1n) is 8.53. The van der Waals surface area contributed by atoms with E-state index in [1.807, 2.05) is 19.1 Å². The van der Waals surface area contributed by atoms with Crippen LogP contribution in [0.5, 0.6) is 5.75 Å². The summed E-state index contributed by atoms with van der Waals surface area (Å²) in [5, 5.41) is 12.0. The lowest BCUT2D eigenvalue weighted by atomic mass is 10.3. The van der Waals surface area contributed by atoms with Gasteiger partial charge in [0.15, 0.2) is 17.1 Å². The van der Waals surface area contributed by atoms with Crippen molar-refractivity contribution >= 4 is 46.6 Å². The molecule has 1 N–H and O–H groups in total. The molecule has 1 amide bonds. The number of carbonyl (C=O) groups excluding carboxylic acids is 1. The number of halogens is 3. The summed E-state index contributed by atoms with van der Waals surface area (Å²) in [4.78, 5) is 12.1. The van der Waals surface area contributed by atoms with Gasteiger partial charge in [0.2, 0.25) is 5.91 Å². The Balaban J connectivity index is 1.60. The van der Waals surface area contributed by atoms with Crippen LogP contribution in [0.25, 0.3) is 0 Å². The highest BCUT2D eigenvalue weighted by Gasteiger charge is 2.19. The molecule has 2 aromatic carbocycles. The van der Waals surface area contributed by atoms with Gasteiger partial charge in [0, 0.05) is 12.1 Å². The van der Waals surface area contributed by atoms with E-state index in [4.69, 9.17) is 27.9 Å². The summed E-state index contributed by atoms with van der Waals surface area (Å²) in [6.07, 6.45) is -0.404. The summed E-state index contributed by atoms with van der Waals surface area (Å²) in [6.45, 7) is 1.83. The molecule has 0 saturated carbocycles. The van der Waals surface area contributed by atoms with Crippen molar-refractivity contribution < 1.29 is 13.9 Å². The number of nitrogens with one attached hydrogen (secondary N) is 1. The zero-order chi connectivity index (χ0) is 21.0. The topological polar surface area (TPSA) is 69.0 Å². The Morgan fingerprint density at radius 2 is 2.03 bits per heavy atom. The number of aromatic nitrogens is 3. The molecule has 0 saturated heterocycles. The molecule has 0 radical (unpaired) electrons. The highest BCUT2D eigenvalue weighted by atomic mass is 35.5. The standard InChI is InChI=1S/C19H17Cl2FN4O2S/c1-11(28-16-6-4-3-5-13(16)21)18-24-25-19(26(18)2)29-10-17(27)23-15-8-7-12(20)9-14(15)22/h3-9,11H,10H2,1-2H3,(H,23,27). The average molecular weight is 455 g/mol. The van der Waals surface area contributed by atoms with E-state index < -0.39 is 11.9 Å². The molecule has 1 aromatic heterocycles. The van der Waals surface area contributed by atoms with Gasteiger partial charge in [0.05, 0.1) is 16.5 Å². The number of anilines is 1. The van der Waals surface area contributed by atoms with Gasteiger partial charge < -0.3 is 14.6 Å². The van der Waals surface area contributed by atoms with Crippen LogP contribution in [0.15, 0.2) is 47.6 Å². The fourth-order valence-corrected chi connectivity index (χ4v) is 3.55. The Labute approximate surface area is 181 Å². The maximum Gasteiger partial charge on any atom is 0.234 e. The third kappa shape index (κ3) is 5.41. The predicted octanol–water partition coefficient (Wildman–Crippen LogP) is 5.13. The van der Waals surface area contributed by atoms with Crippen LogP contribution in [-0.4, -0.2) is 26.4 Å². The van der Waals surface area contributed by atoms with Crippen LogP contribution in [0, 0.1) is 5.82 Å². The van der Waals surface area contributed by atoms with E-state index in [1.165, 1.54) is 23.9 Å². The molecule has 0 fully saturated rings. The fourth-order valence-electron chi connectivity index (χ4n) is 2.50. The smallest absolute Gasteiger partial charge is 0.234 e. The Bertz CT molecular complexity index is 1030. The lowest BCUT2D eigenvalue weighted by Gasteiger charge is -2.15. The van der Waals surface area contributed by atoms with Crippen LogP contribution in [0.2, 0.25) is 10.0 Å². The molecule has 1 atom stereocenters. The number of nitrogens with zero attached hydrogens (tertiary/aromatic N) is 3. The first-order chi connectivity index (χ1) is 13.8. The van der Waals surface area contributed by atoms with E-state index in [0.717, 1.165) is 6.07 Å². The van der Waals surface area contributed by atoms with Gasteiger partial charge in [-0.2, -0.15) is 0 Å². The fraction of sp³-hybridized carbons (Fsp3) is 0.211. The summed E-state index contributed by atoms with van der Waals surface area (Å²) in [7, 11) is 1.78. The lowest BCUT2D eigenvalue weighted by Crippen LogP contribution is -2.15. The van der Waals surface area contributed by atoms with E-state index in [-0.39, 0.29) is 22.4 Å². The Morgan fingerprint density at radius 3 is 2.76 bits per heavy atom. The minimum Gasteiger partial charge on any atom is -0.481 e. The molecule has 0 bridgehead atoms. The summed E-state index contributed by atoms with van der Waals surface area (Å²) in [5.41, 5.74) is 0.0698. The molecule has 1 unspecified atom stereocenters. The molecule has 10 heteroatoms. The number of rotatable bonds is 7. The number of amides is 1. The third-order valence-electron chi connectivity index (χ3n) is 3.91. The molecule has 3 rings (SSSR count). The highest BCUT2D eigenvalue weighted by Crippen LogP contribution is 2.29. The third-order valence-corrected chi connectivity index (χ3v) is 5.48. The molecular formula is C19H17Cl2FN4O2S. The normalized spacial score (nSPS) is 11.9. The SMILES string of the molecule is CC(Oc1ccccc1Cl)c1nnc(SCC(=O)Nc2ccc(Cl)cc2F)n1C. The van der Waals surface area contributed by atoms with Crippen LogP contribution < -0.4 is 10.1 Å². The summed E-state index contributed by atoms with van der Waals surface area (Å²) < 4.78 is 21.4. The number of benzene rings is 2. The van der Waals surface area contributed by atoms with Crippen LogP contribution in [0.1, 0.15) is 18.9 Å². The quantitative estimate of drug-likeness (QED) is 0.501. The molecule has 0 aliphatic carbocycles. The molecule has 6 nitrogen and oxygen atoms in total. The van der Waals surface area contributed by atoms with Crippen LogP contribution in [0.4, 0.5) is 10.1 Å². The largest absolute Gasteiger partial charge is 0.481 e. The minimum atomic E-state index is -0.595. The van der Waals surface area contributed by atoms with Gasteiger partial charge in [-0.3, -0.25) is 4.79 Å². The van der Waals surface area contributed by atoms with Crippen molar-refractivity contribution in [3.8, 4) is 5.75 Å². The molecule has 0 aliphatic heterocycles. The van der Waals surface area contributed by atoms with Gasteiger partial charge in [-0.05, 0) is 37.3 Å². The van der Waals surface area contributed by atoms with Crippen molar-refractivity contribution in [1.82, 2.24) is 14.8 Å². The van der Waals surface area contributed by atoms with Crippen molar-refractivity contribution in [3.63, 3.8) is 0 Å². The van der Waals surface area contributed by atoms with E-state index in [1.54, 1.807) is 23.7 Å². The second-order valence-electron chi connectivity index (χ2n) is 6.05. The summed E-state index contributed by atoms with van der Waals surface area (Å²) in [5.74, 6) is 0.191. The van der Waals surface area contributed by atoms with Gasteiger partial charge in [-0.1, -0.05) is 47.1 Å². The second kappa shape index (κ2) is 9.47. The number of carbonyl (C=O) groups is 1. The average Bonchev–Trinajstić information content (AvgIpc) is 3.05. The summed E-state index contributed by atoms with van der Waals surface area (Å²) >= 11 is 13.0. The summed E-state index contributed by atoms with van der Waals surface area (Å²) in [6, 6.07) is 11.2. The van der Waals surface area contributed by atoms with Crippen molar-refractivity contribution in [2.75, 3.05) is 11.1 Å². The van der Waals surface area contributed by atoms with Gasteiger partial charge in [0.25, 0.3) is 0 Å². The molecular weight excluding hydrogens is 438 g/mol. The molecule has 0 aliphatic rings. The van der Waals surface area contributed by atoms with Gasteiger partial charge in [-0.25, -0.2) is 4.39 Å². The maximum atomic E-state index is 13.8. The van der Waals surface area contributed by atoms with Crippen molar-refractivity contribution in [2.45, 2.75) is 18.2 Å². The van der Waals surface area contributed by atoms with Crippen molar-refractivity contribution in [2.24, 2.45) is 7.05 Å². The molecule has 1 heterocycles. The van der Waals surface area contributed by atoms with Crippen LogP contribution in [-0.2, 0) is 11.8 Å². The minimum absolute atomic E-state index is 0.0355. The van der Waals surface area contributed by atoms with Gasteiger partial charge in [0.1, 0.15) is 11.6 Å². The van der Waals surface area contributed by atoms with Crippen molar-refractivity contribution in [3.05, 3.63) is 64.2 Å². The van der Waals surface area contributed by atoms with E-state index >= 15 is 0 Å². The predicted molar refractivity (Wildman–Crippen MR) is 112 cm³/mol. The van der Waals surface area contributed by atoms with Gasteiger partial charge in [-0.15, -0.1) is 10.2 Å². The first-order valence-corrected chi connectivity index (χ1v) is 10.3. The molecule has 3 aromatic rings. The molecule has 29 heavy (non-hydrogen) atoms. The van der Waals surface area contributed by atoms with Gasteiger partial charge >= 0.3 is 0 Å². The maximum absolute atomic E-state index is 13.8. The zero-order valence-corrected chi connectivity index (χ0v) is 17.9.